The molecule has 0 aliphatic heterocycles. The molecule has 0 heterocycles. The average molecular weight is 152 g/mol. The van der Waals surface area contributed by atoms with Crippen LogP contribution in [0.15, 0.2) is 28.5 Å². The van der Waals surface area contributed by atoms with Gasteiger partial charge in [-0.25, -0.2) is 4.99 Å². The van der Waals surface area contributed by atoms with E-state index in [1.807, 2.05) is 26.0 Å². The van der Waals surface area contributed by atoms with Crippen LogP contribution in [0.5, 0.6) is 0 Å². The summed E-state index contributed by atoms with van der Waals surface area (Å²) in [5.74, 6) is 0.603. The second kappa shape index (κ2) is 5.71. The molecule has 2 heteroatoms. The standard InChI is InChI=1S/C9H16N2/c1-4-5-6-7-11-9(10)8(2)3/h5-7H,4,10H2,1-3H3/b6-5+,11-7-. The molecule has 0 saturated heterocycles. The van der Waals surface area contributed by atoms with E-state index >= 15 is 0 Å². The SMILES string of the molecule is CC/C=C/C=N\C(N)=C(C)C. The van der Waals surface area contributed by atoms with Crippen molar-refractivity contribution in [3.63, 3.8) is 0 Å². The fourth-order valence-corrected chi connectivity index (χ4v) is 0.449. The molecule has 62 valence electrons. The van der Waals surface area contributed by atoms with Gasteiger partial charge in [-0.1, -0.05) is 13.0 Å². The van der Waals surface area contributed by atoms with E-state index in [2.05, 4.69) is 11.9 Å². The van der Waals surface area contributed by atoms with Gasteiger partial charge in [0.05, 0.1) is 0 Å². The van der Waals surface area contributed by atoms with E-state index < -0.39 is 0 Å². The van der Waals surface area contributed by atoms with Crippen LogP contribution in [-0.4, -0.2) is 6.21 Å². The number of rotatable bonds is 3. The lowest BCUT2D eigenvalue weighted by atomic mass is 10.3. The molecule has 0 radical (unpaired) electrons. The Kier molecular flexibility index (Phi) is 5.17. The van der Waals surface area contributed by atoms with Crippen molar-refractivity contribution in [2.24, 2.45) is 10.7 Å². The van der Waals surface area contributed by atoms with Gasteiger partial charge in [0, 0.05) is 6.21 Å². The first-order chi connectivity index (χ1) is 5.18. The molecule has 0 fully saturated rings. The van der Waals surface area contributed by atoms with Crippen LogP contribution in [0.3, 0.4) is 0 Å². The van der Waals surface area contributed by atoms with Gasteiger partial charge in [0.2, 0.25) is 0 Å². The van der Waals surface area contributed by atoms with Gasteiger partial charge in [-0.2, -0.15) is 0 Å². The summed E-state index contributed by atoms with van der Waals surface area (Å²) in [6.45, 7) is 5.96. The largest absolute Gasteiger partial charge is 0.384 e. The van der Waals surface area contributed by atoms with E-state index in [0.29, 0.717) is 5.82 Å². The molecule has 0 rings (SSSR count). The van der Waals surface area contributed by atoms with E-state index in [9.17, 15) is 0 Å². The Hall–Kier alpha value is -1.05. The van der Waals surface area contributed by atoms with E-state index in [1.165, 1.54) is 0 Å². The maximum Gasteiger partial charge on any atom is 0.121 e. The summed E-state index contributed by atoms with van der Waals surface area (Å²) >= 11 is 0. The predicted octanol–water partition coefficient (Wildman–Crippen LogP) is 2.23. The molecule has 0 aromatic carbocycles. The van der Waals surface area contributed by atoms with Crippen molar-refractivity contribution in [1.82, 2.24) is 0 Å². The van der Waals surface area contributed by atoms with Crippen LogP contribution in [0.2, 0.25) is 0 Å². The second-order valence-electron chi connectivity index (χ2n) is 2.50. The highest BCUT2D eigenvalue weighted by Gasteiger charge is 1.83. The topological polar surface area (TPSA) is 38.4 Å². The van der Waals surface area contributed by atoms with Gasteiger partial charge < -0.3 is 5.73 Å². The lowest BCUT2D eigenvalue weighted by molar-refractivity contribution is 1.15. The Morgan fingerprint density at radius 2 is 2.09 bits per heavy atom. The molecule has 11 heavy (non-hydrogen) atoms. The van der Waals surface area contributed by atoms with Gasteiger partial charge in [-0.05, 0) is 31.9 Å². The summed E-state index contributed by atoms with van der Waals surface area (Å²) in [5, 5.41) is 0. The second-order valence-corrected chi connectivity index (χ2v) is 2.50. The van der Waals surface area contributed by atoms with Gasteiger partial charge in [0.15, 0.2) is 0 Å². The summed E-state index contributed by atoms with van der Waals surface area (Å²) < 4.78 is 0. The Morgan fingerprint density at radius 3 is 2.55 bits per heavy atom. The summed E-state index contributed by atoms with van der Waals surface area (Å²) in [6.07, 6.45) is 6.67. The lowest BCUT2D eigenvalue weighted by Crippen LogP contribution is -1.95. The number of nitrogens with two attached hydrogens (primary N) is 1. The van der Waals surface area contributed by atoms with Gasteiger partial charge in [-0.15, -0.1) is 0 Å². The van der Waals surface area contributed by atoms with Crippen molar-refractivity contribution < 1.29 is 0 Å². The molecular formula is C9H16N2. The van der Waals surface area contributed by atoms with Crippen LogP contribution in [0, 0.1) is 0 Å². The number of allylic oxidation sites excluding steroid dienone is 3. The van der Waals surface area contributed by atoms with Crippen molar-refractivity contribution >= 4 is 6.21 Å². The Balaban J connectivity index is 3.94. The van der Waals surface area contributed by atoms with Gasteiger partial charge in [0.25, 0.3) is 0 Å². The minimum atomic E-state index is 0.603. The van der Waals surface area contributed by atoms with Crippen LogP contribution in [0.25, 0.3) is 0 Å². The van der Waals surface area contributed by atoms with Crippen LogP contribution in [0.1, 0.15) is 27.2 Å². The van der Waals surface area contributed by atoms with E-state index in [1.54, 1.807) is 6.21 Å². The zero-order chi connectivity index (χ0) is 8.69. The molecule has 0 saturated carbocycles. The van der Waals surface area contributed by atoms with Crippen molar-refractivity contribution in [3.05, 3.63) is 23.5 Å². The van der Waals surface area contributed by atoms with Gasteiger partial charge >= 0.3 is 0 Å². The third-order valence-corrected chi connectivity index (χ3v) is 1.18. The number of hydrogen-bond donors (Lipinski definition) is 1. The monoisotopic (exact) mass is 152 g/mol. The van der Waals surface area contributed by atoms with Crippen molar-refractivity contribution in [3.8, 4) is 0 Å². The molecule has 2 N–H and O–H groups in total. The number of aliphatic imine (C=N–C) groups is 1. The minimum absolute atomic E-state index is 0.603. The normalized spacial score (nSPS) is 11.2. The Morgan fingerprint density at radius 1 is 1.45 bits per heavy atom. The molecule has 0 aromatic heterocycles. The van der Waals surface area contributed by atoms with Crippen LogP contribution in [0.4, 0.5) is 0 Å². The predicted molar refractivity (Wildman–Crippen MR) is 50.5 cm³/mol. The third kappa shape index (κ3) is 5.40. The molecule has 0 unspecified atom stereocenters. The van der Waals surface area contributed by atoms with Crippen molar-refractivity contribution in [1.29, 1.82) is 0 Å². The highest BCUT2D eigenvalue weighted by molar-refractivity contribution is 5.71. The molecule has 0 aromatic rings. The first-order valence-electron chi connectivity index (χ1n) is 3.80. The molecule has 0 aliphatic rings. The highest BCUT2D eigenvalue weighted by Crippen LogP contribution is 1.95. The fraction of sp³-hybridized carbons (Fsp3) is 0.444. The zero-order valence-corrected chi connectivity index (χ0v) is 7.46. The van der Waals surface area contributed by atoms with Crippen molar-refractivity contribution in [2.75, 3.05) is 0 Å². The molecule has 0 amide bonds. The smallest absolute Gasteiger partial charge is 0.121 e. The first-order valence-corrected chi connectivity index (χ1v) is 3.80. The van der Waals surface area contributed by atoms with Crippen LogP contribution >= 0.6 is 0 Å². The van der Waals surface area contributed by atoms with Crippen LogP contribution < -0.4 is 5.73 Å². The molecule has 0 spiro atoms. The summed E-state index contributed by atoms with van der Waals surface area (Å²) in [6, 6.07) is 0. The van der Waals surface area contributed by atoms with Gasteiger partial charge in [0.1, 0.15) is 5.82 Å². The quantitative estimate of drug-likeness (QED) is 0.619. The molecule has 2 nitrogen and oxygen atoms in total. The minimum Gasteiger partial charge on any atom is -0.384 e. The summed E-state index contributed by atoms with van der Waals surface area (Å²) in [4.78, 5) is 4.01. The van der Waals surface area contributed by atoms with Crippen LogP contribution in [-0.2, 0) is 0 Å². The third-order valence-electron chi connectivity index (χ3n) is 1.18. The Bertz CT molecular complexity index is 184. The summed E-state index contributed by atoms with van der Waals surface area (Å²) in [5.41, 5.74) is 6.59. The first kappa shape index (κ1) is 9.95. The Labute approximate surface area is 68.5 Å². The van der Waals surface area contributed by atoms with E-state index in [4.69, 9.17) is 5.73 Å². The zero-order valence-electron chi connectivity index (χ0n) is 7.46. The molecular weight excluding hydrogens is 136 g/mol. The lowest BCUT2D eigenvalue weighted by Gasteiger charge is -1.92. The molecule has 0 atom stereocenters. The van der Waals surface area contributed by atoms with Crippen molar-refractivity contribution in [2.45, 2.75) is 27.2 Å². The fourth-order valence-electron chi connectivity index (χ4n) is 0.449. The maximum atomic E-state index is 5.55. The average Bonchev–Trinajstić information content (AvgIpc) is 1.97. The van der Waals surface area contributed by atoms with E-state index in [0.717, 1.165) is 12.0 Å². The number of nitrogens with zero attached hydrogens (tertiary/aromatic N) is 1. The van der Waals surface area contributed by atoms with E-state index in [-0.39, 0.29) is 0 Å². The maximum absolute atomic E-state index is 5.55. The number of hydrogen-bond acceptors (Lipinski definition) is 2. The molecule has 0 bridgehead atoms. The van der Waals surface area contributed by atoms with Gasteiger partial charge in [-0.3, -0.25) is 0 Å². The summed E-state index contributed by atoms with van der Waals surface area (Å²) in [7, 11) is 0. The molecule has 0 aliphatic carbocycles. The highest BCUT2D eigenvalue weighted by atomic mass is 14.9.